The number of aryl methyl sites for hydroxylation is 1. The molecule has 0 bridgehead atoms. The molecule has 1 aromatic heterocycles. The molecule has 1 aromatic carbocycles. The van der Waals surface area contributed by atoms with Crippen LogP contribution in [0.15, 0.2) is 36.5 Å². The van der Waals surface area contributed by atoms with Crippen LogP contribution < -0.4 is 5.32 Å². The molecule has 2 N–H and O–H groups in total. The zero-order valence-corrected chi connectivity index (χ0v) is 10.6. The number of aromatic hydroxyl groups is 1. The van der Waals surface area contributed by atoms with E-state index in [0.717, 1.165) is 16.8 Å². The number of nitrogens with zero attached hydrogens (tertiary/aromatic N) is 2. The highest BCUT2D eigenvalue weighted by atomic mass is 16.3. The van der Waals surface area contributed by atoms with Crippen LogP contribution in [0.1, 0.15) is 29.8 Å². The maximum Gasteiger partial charge on any atom is 0.120 e. The molecule has 4 heteroatoms. The predicted octanol–water partition coefficient (Wildman–Crippen LogP) is 2.34. The van der Waals surface area contributed by atoms with Crippen LogP contribution in [0.5, 0.6) is 5.75 Å². The van der Waals surface area contributed by atoms with Crippen molar-refractivity contribution in [3.8, 4) is 5.75 Å². The Morgan fingerprint density at radius 3 is 2.83 bits per heavy atom. The summed E-state index contributed by atoms with van der Waals surface area (Å²) in [6.45, 7) is 4.60. The van der Waals surface area contributed by atoms with Gasteiger partial charge in [-0.15, -0.1) is 0 Å². The second kappa shape index (κ2) is 5.60. The molecule has 94 valence electrons. The molecule has 0 radical (unpaired) electrons. The van der Waals surface area contributed by atoms with E-state index in [1.165, 1.54) is 0 Å². The standard InChI is InChI=1S/C14H17N3O/c1-10-5-6-13(14(18)8-10)11(2)15-9-12-4-3-7-16-17-12/h3-8,11,15,18H,9H2,1-2H3. The fraction of sp³-hybridized carbons (Fsp3) is 0.286. The molecule has 0 spiro atoms. The summed E-state index contributed by atoms with van der Waals surface area (Å²) in [5.41, 5.74) is 2.83. The van der Waals surface area contributed by atoms with E-state index in [9.17, 15) is 5.11 Å². The molecule has 0 amide bonds. The average molecular weight is 243 g/mol. The lowest BCUT2D eigenvalue weighted by Gasteiger charge is -2.15. The monoisotopic (exact) mass is 243 g/mol. The molecule has 1 heterocycles. The van der Waals surface area contributed by atoms with Crippen LogP contribution in [-0.4, -0.2) is 15.3 Å². The Morgan fingerprint density at radius 2 is 2.17 bits per heavy atom. The maximum atomic E-state index is 9.89. The lowest BCUT2D eigenvalue weighted by Crippen LogP contribution is -2.19. The summed E-state index contributed by atoms with van der Waals surface area (Å²) >= 11 is 0. The number of phenols is 1. The van der Waals surface area contributed by atoms with Gasteiger partial charge in [-0.25, -0.2) is 0 Å². The Hall–Kier alpha value is -1.94. The van der Waals surface area contributed by atoms with Gasteiger partial charge in [-0.2, -0.15) is 10.2 Å². The third-order valence-corrected chi connectivity index (χ3v) is 2.87. The molecule has 4 nitrogen and oxygen atoms in total. The van der Waals surface area contributed by atoms with Gasteiger partial charge in [0, 0.05) is 24.3 Å². The summed E-state index contributed by atoms with van der Waals surface area (Å²) in [7, 11) is 0. The van der Waals surface area contributed by atoms with Crippen molar-refractivity contribution in [3.05, 3.63) is 53.3 Å². The highest BCUT2D eigenvalue weighted by Gasteiger charge is 2.09. The fourth-order valence-electron chi connectivity index (χ4n) is 1.82. The van der Waals surface area contributed by atoms with Crippen molar-refractivity contribution in [2.45, 2.75) is 26.4 Å². The van der Waals surface area contributed by atoms with E-state index < -0.39 is 0 Å². The van der Waals surface area contributed by atoms with E-state index in [1.54, 1.807) is 12.3 Å². The molecule has 18 heavy (non-hydrogen) atoms. The first-order chi connectivity index (χ1) is 8.66. The van der Waals surface area contributed by atoms with Crippen molar-refractivity contribution < 1.29 is 5.11 Å². The third-order valence-electron chi connectivity index (χ3n) is 2.87. The number of benzene rings is 1. The van der Waals surface area contributed by atoms with Gasteiger partial charge in [0.1, 0.15) is 5.75 Å². The molecular formula is C14H17N3O. The quantitative estimate of drug-likeness (QED) is 0.865. The fourth-order valence-corrected chi connectivity index (χ4v) is 1.82. The zero-order chi connectivity index (χ0) is 13.0. The topological polar surface area (TPSA) is 58.0 Å². The largest absolute Gasteiger partial charge is 0.508 e. The molecule has 0 aliphatic rings. The van der Waals surface area contributed by atoms with Gasteiger partial charge >= 0.3 is 0 Å². The first-order valence-corrected chi connectivity index (χ1v) is 5.96. The van der Waals surface area contributed by atoms with Gasteiger partial charge < -0.3 is 10.4 Å². The number of phenolic OH excluding ortho intramolecular Hbond substituents is 1. The van der Waals surface area contributed by atoms with Crippen LogP contribution in [-0.2, 0) is 6.54 Å². The molecule has 2 rings (SSSR count). The van der Waals surface area contributed by atoms with E-state index in [-0.39, 0.29) is 6.04 Å². The van der Waals surface area contributed by atoms with Crippen LogP contribution in [0.3, 0.4) is 0 Å². The second-order valence-electron chi connectivity index (χ2n) is 4.38. The Kier molecular flexibility index (Phi) is 3.89. The number of hydrogen-bond acceptors (Lipinski definition) is 4. The molecule has 0 aliphatic carbocycles. The van der Waals surface area contributed by atoms with Crippen molar-refractivity contribution in [2.24, 2.45) is 0 Å². The van der Waals surface area contributed by atoms with Crippen LogP contribution in [0.2, 0.25) is 0 Å². The summed E-state index contributed by atoms with van der Waals surface area (Å²) in [6, 6.07) is 9.55. The van der Waals surface area contributed by atoms with Gasteiger partial charge in [0.05, 0.1) is 5.69 Å². The first kappa shape index (κ1) is 12.5. The number of hydrogen-bond donors (Lipinski definition) is 2. The Morgan fingerprint density at radius 1 is 1.33 bits per heavy atom. The molecule has 0 saturated heterocycles. The maximum absolute atomic E-state index is 9.89. The SMILES string of the molecule is Cc1ccc(C(C)NCc2cccnn2)c(O)c1. The minimum atomic E-state index is 0.0626. The lowest BCUT2D eigenvalue weighted by molar-refractivity contribution is 0.451. The van der Waals surface area contributed by atoms with Gasteiger partial charge in [-0.05, 0) is 37.6 Å². The number of nitrogens with one attached hydrogen (secondary N) is 1. The van der Waals surface area contributed by atoms with Gasteiger partial charge in [0.2, 0.25) is 0 Å². The van der Waals surface area contributed by atoms with Crippen LogP contribution in [0, 0.1) is 6.92 Å². The van der Waals surface area contributed by atoms with E-state index in [4.69, 9.17) is 0 Å². The van der Waals surface area contributed by atoms with Crippen molar-refractivity contribution in [1.82, 2.24) is 15.5 Å². The summed E-state index contributed by atoms with van der Waals surface area (Å²) in [5, 5.41) is 21.0. The van der Waals surface area contributed by atoms with Crippen molar-refractivity contribution >= 4 is 0 Å². The zero-order valence-electron chi connectivity index (χ0n) is 10.6. The highest BCUT2D eigenvalue weighted by Crippen LogP contribution is 2.24. The van der Waals surface area contributed by atoms with E-state index in [1.807, 2.05) is 38.1 Å². The highest BCUT2D eigenvalue weighted by molar-refractivity contribution is 5.37. The minimum Gasteiger partial charge on any atom is -0.508 e. The van der Waals surface area contributed by atoms with E-state index >= 15 is 0 Å². The Balaban J connectivity index is 2.01. The molecule has 0 saturated carbocycles. The number of rotatable bonds is 4. The molecule has 0 fully saturated rings. The summed E-state index contributed by atoms with van der Waals surface area (Å²) in [4.78, 5) is 0. The number of aromatic nitrogens is 2. The molecule has 0 aliphatic heterocycles. The summed E-state index contributed by atoms with van der Waals surface area (Å²) in [6.07, 6.45) is 1.65. The molecule has 2 aromatic rings. The smallest absolute Gasteiger partial charge is 0.120 e. The predicted molar refractivity (Wildman–Crippen MR) is 70.1 cm³/mol. The van der Waals surface area contributed by atoms with Crippen LogP contribution >= 0.6 is 0 Å². The summed E-state index contributed by atoms with van der Waals surface area (Å²) in [5.74, 6) is 0.328. The first-order valence-electron chi connectivity index (χ1n) is 5.96. The van der Waals surface area contributed by atoms with Crippen LogP contribution in [0.4, 0.5) is 0 Å². The van der Waals surface area contributed by atoms with E-state index in [0.29, 0.717) is 12.3 Å². The lowest BCUT2D eigenvalue weighted by atomic mass is 10.1. The van der Waals surface area contributed by atoms with Gasteiger partial charge in [-0.1, -0.05) is 12.1 Å². The normalized spacial score (nSPS) is 12.3. The van der Waals surface area contributed by atoms with Crippen LogP contribution in [0.25, 0.3) is 0 Å². The summed E-state index contributed by atoms with van der Waals surface area (Å²) < 4.78 is 0. The Bertz CT molecular complexity index is 514. The molecule has 1 atom stereocenters. The van der Waals surface area contributed by atoms with Gasteiger partial charge in [0.15, 0.2) is 0 Å². The van der Waals surface area contributed by atoms with Gasteiger partial charge in [0.25, 0.3) is 0 Å². The van der Waals surface area contributed by atoms with Crippen molar-refractivity contribution in [1.29, 1.82) is 0 Å². The van der Waals surface area contributed by atoms with E-state index in [2.05, 4.69) is 15.5 Å². The van der Waals surface area contributed by atoms with Gasteiger partial charge in [-0.3, -0.25) is 0 Å². The molecular weight excluding hydrogens is 226 g/mol. The molecule has 1 unspecified atom stereocenters. The minimum absolute atomic E-state index is 0.0626. The average Bonchev–Trinajstić information content (AvgIpc) is 2.37. The third kappa shape index (κ3) is 3.05. The second-order valence-corrected chi connectivity index (χ2v) is 4.38. The van der Waals surface area contributed by atoms with Crippen molar-refractivity contribution in [3.63, 3.8) is 0 Å². The Labute approximate surface area is 107 Å². The van der Waals surface area contributed by atoms with Crippen molar-refractivity contribution in [2.75, 3.05) is 0 Å².